The van der Waals surface area contributed by atoms with E-state index >= 15 is 0 Å². The standard InChI is InChI=1S/C30H40ClNO7/c1-19(32-16-23(33)21-9-8-10-22(31)15-21)13-20-11-12-24-25(14-20)39-30(38-24,26(34)36-17-28(2,3)4)27(35)37-18-29(5,6)7/h8-12,14-15,19,23,32-33H,13,16-18H2,1-7H3. The molecule has 2 unspecified atom stereocenters. The van der Waals surface area contributed by atoms with Crippen molar-refractivity contribution in [1.82, 2.24) is 5.32 Å². The Bertz CT molecular complexity index is 1140. The lowest BCUT2D eigenvalue weighted by atomic mass is 9.98. The Morgan fingerprint density at radius 1 is 0.949 bits per heavy atom. The number of benzene rings is 2. The molecule has 0 saturated carbocycles. The van der Waals surface area contributed by atoms with Gasteiger partial charge >= 0.3 is 17.7 Å². The highest BCUT2D eigenvalue weighted by molar-refractivity contribution is 6.30. The monoisotopic (exact) mass is 561 g/mol. The van der Waals surface area contributed by atoms with Crippen molar-refractivity contribution in [2.24, 2.45) is 10.8 Å². The van der Waals surface area contributed by atoms with Crippen LogP contribution >= 0.6 is 11.6 Å². The summed E-state index contributed by atoms with van der Waals surface area (Å²) in [6.45, 7) is 13.9. The third-order valence-corrected chi connectivity index (χ3v) is 6.00. The molecule has 1 heterocycles. The van der Waals surface area contributed by atoms with Crippen LogP contribution < -0.4 is 14.8 Å². The van der Waals surface area contributed by atoms with Crippen molar-refractivity contribution < 1.29 is 33.6 Å². The van der Waals surface area contributed by atoms with E-state index in [1.54, 1.807) is 30.3 Å². The van der Waals surface area contributed by atoms with Crippen molar-refractivity contribution in [2.45, 2.75) is 72.8 Å². The summed E-state index contributed by atoms with van der Waals surface area (Å²) in [6, 6.07) is 12.4. The van der Waals surface area contributed by atoms with Gasteiger partial charge in [-0.25, -0.2) is 9.59 Å². The molecular weight excluding hydrogens is 522 g/mol. The molecule has 2 aromatic rings. The molecule has 2 aromatic carbocycles. The summed E-state index contributed by atoms with van der Waals surface area (Å²) in [6.07, 6.45) is -0.115. The molecule has 0 saturated heterocycles. The largest absolute Gasteiger partial charge is 0.459 e. The highest BCUT2D eigenvalue weighted by Gasteiger charge is 2.60. The van der Waals surface area contributed by atoms with Gasteiger partial charge in [-0.3, -0.25) is 0 Å². The number of nitrogens with one attached hydrogen (secondary N) is 1. The lowest BCUT2D eigenvalue weighted by molar-refractivity contribution is -0.205. The number of carbonyl (C=O) groups is 2. The van der Waals surface area contributed by atoms with Gasteiger partial charge in [0.15, 0.2) is 11.5 Å². The predicted octanol–water partition coefficient (Wildman–Crippen LogP) is 5.24. The van der Waals surface area contributed by atoms with Crippen molar-refractivity contribution in [3.63, 3.8) is 0 Å². The summed E-state index contributed by atoms with van der Waals surface area (Å²) in [5.74, 6) is -3.80. The lowest BCUT2D eigenvalue weighted by Crippen LogP contribution is -2.56. The van der Waals surface area contributed by atoms with Gasteiger partial charge in [-0.1, -0.05) is 71.3 Å². The first-order valence-electron chi connectivity index (χ1n) is 13.1. The SMILES string of the molecule is CC(Cc1ccc2c(c1)OC(C(=O)OCC(C)(C)C)(C(=O)OCC(C)(C)C)O2)NCC(O)c1cccc(Cl)c1. The maximum Gasteiger partial charge on any atom is 0.453 e. The fourth-order valence-electron chi connectivity index (χ4n) is 3.75. The van der Waals surface area contributed by atoms with Gasteiger partial charge < -0.3 is 29.4 Å². The van der Waals surface area contributed by atoms with E-state index < -0.39 is 23.8 Å². The highest BCUT2D eigenvalue weighted by Crippen LogP contribution is 2.42. The number of rotatable bonds is 10. The van der Waals surface area contributed by atoms with Crippen molar-refractivity contribution in [1.29, 1.82) is 0 Å². The Labute approximate surface area is 235 Å². The van der Waals surface area contributed by atoms with Gasteiger partial charge in [-0.15, -0.1) is 0 Å². The number of aliphatic hydroxyl groups excluding tert-OH is 1. The number of aliphatic hydroxyl groups is 1. The molecule has 9 heteroatoms. The summed E-state index contributed by atoms with van der Waals surface area (Å²) in [7, 11) is 0. The van der Waals surface area contributed by atoms with E-state index in [-0.39, 0.29) is 41.6 Å². The molecule has 8 nitrogen and oxygen atoms in total. The fraction of sp³-hybridized carbons (Fsp3) is 0.533. The van der Waals surface area contributed by atoms with Crippen LogP contribution in [0.15, 0.2) is 42.5 Å². The molecule has 3 rings (SSSR count). The Morgan fingerprint density at radius 2 is 1.54 bits per heavy atom. The highest BCUT2D eigenvalue weighted by atomic mass is 35.5. The van der Waals surface area contributed by atoms with E-state index in [0.29, 0.717) is 18.0 Å². The zero-order chi connectivity index (χ0) is 29.0. The number of ether oxygens (including phenoxy) is 4. The minimum atomic E-state index is -2.37. The van der Waals surface area contributed by atoms with Crippen LogP contribution in [0.5, 0.6) is 11.5 Å². The number of hydrogen-bond donors (Lipinski definition) is 2. The van der Waals surface area contributed by atoms with E-state index in [9.17, 15) is 14.7 Å². The van der Waals surface area contributed by atoms with Gasteiger partial charge in [0.1, 0.15) is 0 Å². The quantitative estimate of drug-likeness (QED) is 0.300. The van der Waals surface area contributed by atoms with Crippen LogP contribution in [0.1, 0.15) is 65.7 Å². The van der Waals surface area contributed by atoms with Gasteiger partial charge in [0.2, 0.25) is 0 Å². The molecule has 214 valence electrons. The summed E-state index contributed by atoms with van der Waals surface area (Å²) >= 11 is 6.03. The van der Waals surface area contributed by atoms with Crippen LogP contribution in [0.4, 0.5) is 0 Å². The minimum absolute atomic E-state index is 0.00235. The molecule has 2 atom stereocenters. The number of halogens is 1. The van der Waals surface area contributed by atoms with E-state index in [4.69, 9.17) is 30.5 Å². The zero-order valence-corrected chi connectivity index (χ0v) is 24.6. The first-order valence-corrected chi connectivity index (χ1v) is 13.5. The van der Waals surface area contributed by atoms with Crippen molar-refractivity contribution in [3.8, 4) is 11.5 Å². The van der Waals surface area contributed by atoms with E-state index in [1.165, 1.54) is 0 Å². The lowest BCUT2D eigenvalue weighted by Gasteiger charge is -2.27. The van der Waals surface area contributed by atoms with E-state index in [1.807, 2.05) is 60.6 Å². The third-order valence-electron chi connectivity index (χ3n) is 5.76. The smallest absolute Gasteiger partial charge is 0.453 e. The summed E-state index contributed by atoms with van der Waals surface area (Å²) in [4.78, 5) is 26.4. The molecule has 0 amide bonds. The maximum absolute atomic E-state index is 13.2. The molecule has 0 radical (unpaired) electrons. The first kappa shape index (κ1) is 30.7. The number of esters is 2. The zero-order valence-electron chi connectivity index (χ0n) is 23.8. The van der Waals surface area contributed by atoms with Gasteiger partial charge in [-0.2, -0.15) is 0 Å². The normalized spacial score (nSPS) is 15.9. The van der Waals surface area contributed by atoms with Gasteiger partial charge in [-0.05, 0) is 59.6 Å². The van der Waals surface area contributed by atoms with Crippen molar-refractivity contribution in [3.05, 3.63) is 58.6 Å². The second kappa shape index (κ2) is 12.1. The van der Waals surface area contributed by atoms with E-state index in [2.05, 4.69) is 5.32 Å². The number of hydrogen-bond acceptors (Lipinski definition) is 8. The average molecular weight is 562 g/mol. The number of fused-ring (bicyclic) bond motifs is 1. The molecule has 0 aromatic heterocycles. The molecule has 1 aliphatic rings. The fourth-order valence-corrected chi connectivity index (χ4v) is 3.95. The Morgan fingerprint density at radius 3 is 2.10 bits per heavy atom. The predicted molar refractivity (Wildman–Crippen MR) is 149 cm³/mol. The Kier molecular flexibility index (Phi) is 9.57. The Balaban J connectivity index is 1.70. The van der Waals surface area contributed by atoms with Crippen LogP contribution in [0.25, 0.3) is 0 Å². The molecule has 0 bridgehead atoms. The topological polar surface area (TPSA) is 103 Å². The third kappa shape index (κ3) is 8.59. The second-order valence-corrected chi connectivity index (χ2v) is 12.9. The van der Waals surface area contributed by atoms with Gasteiger partial charge in [0.05, 0.1) is 19.3 Å². The van der Waals surface area contributed by atoms with Crippen LogP contribution in [-0.2, 0) is 25.5 Å². The van der Waals surface area contributed by atoms with Crippen molar-refractivity contribution >= 4 is 23.5 Å². The van der Waals surface area contributed by atoms with E-state index in [0.717, 1.165) is 11.1 Å². The minimum Gasteiger partial charge on any atom is -0.459 e. The van der Waals surface area contributed by atoms with Crippen molar-refractivity contribution in [2.75, 3.05) is 19.8 Å². The maximum atomic E-state index is 13.2. The Hall–Kier alpha value is -2.81. The molecule has 0 spiro atoms. The van der Waals surface area contributed by atoms with Crippen LogP contribution in [0, 0.1) is 10.8 Å². The molecule has 2 N–H and O–H groups in total. The van der Waals surface area contributed by atoms with Gasteiger partial charge in [0, 0.05) is 17.6 Å². The molecule has 0 fully saturated rings. The van der Waals surface area contributed by atoms with Crippen LogP contribution in [0.3, 0.4) is 0 Å². The van der Waals surface area contributed by atoms with Crippen LogP contribution in [-0.4, -0.2) is 48.6 Å². The number of carbonyl (C=O) groups excluding carboxylic acids is 2. The molecule has 39 heavy (non-hydrogen) atoms. The summed E-state index contributed by atoms with van der Waals surface area (Å²) in [5, 5.41) is 14.4. The average Bonchev–Trinajstić information content (AvgIpc) is 3.23. The first-order chi connectivity index (χ1) is 18.1. The molecular formula is C30H40ClNO7. The molecule has 0 aliphatic carbocycles. The summed E-state index contributed by atoms with van der Waals surface area (Å²) in [5.41, 5.74) is 0.970. The summed E-state index contributed by atoms with van der Waals surface area (Å²) < 4.78 is 22.6. The molecule has 1 aliphatic heterocycles. The second-order valence-electron chi connectivity index (χ2n) is 12.5. The van der Waals surface area contributed by atoms with Crippen LogP contribution in [0.2, 0.25) is 5.02 Å². The van der Waals surface area contributed by atoms with Gasteiger partial charge in [0.25, 0.3) is 0 Å².